The minimum Gasteiger partial charge on any atom is -0.376 e. The zero-order valence-corrected chi connectivity index (χ0v) is 13.2. The highest BCUT2D eigenvalue weighted by Gasteiger charge is 2.47. The molecule has 110 valence electrons. The summed E-state index contributed by atoms with van der Waals surface area (Å²) in [6.45, 7) is 7.45. The molecule has 0 saturated carbocycles. The standard InChI is InChI=1S/C17H24ClNO/c1-16(2)12-17(8-10-20-16)7-9-19-11-14(17)13-5-3-4-6-15(13)18/h3-6,14,19H,7-12H2,1-2H3. The molecular weight excluding hydrogens is 270 g/mol. The van der Waals surface area contributed by atoms with Gasteiger partial charge in [-0.15, -0.1) is 0 Å². The van der Waals surface area contributed by atoms with E-state index in [1.165, 1.54) is 12.0 Å². The average molecular weight is 294 g/mol. The van der Waals surface area contributed by atoms with Crippen LogP contribution in [0.15, 0.2) is 24.3 Å². The molecule has 0 amide bonds. The Labute approximate surface area is 126 Å². The van der Waals surface area contributed by atoms with Crippen LogP contribution in [0.4, 0.5) is 0 Å². The van der Waals surface area contributed by atoms with Crippen LogP contribution in [0.25, 0.3) is 0 Å². The molecule has 2 aliphatic rings. The van der Waals surface area contributed by atoms with E-state index in [0.717, 1.165) is 37.6 Å². The van der Waals surface area contributed by atoms with Crippen molar-refractivity contribution in [3.63, 3.8) is 0 Å². The van der Waals surface area contributed by atoms with Crippen molar-refractivity contribution in [3.05, 3.63) is 34.9 Å². The van der Waals surface area contributed by atoms with Crippen molar-refractivity contribution in [3.8, 4) is 0 Å². The van der Waals surface area contributed by atoms with Crippen LogP contribution < -0.4 is 5.32 Å². The van der Waals surface area contributed by atoms with Gasteiger partial charge in [0.2, 0.25) is 0 Å². The van der Waals surface area contributed by atoms with Crippen LogP contribution in [-0.2, 0) is 4.74 Å². The summed E-state index contributed by atoms with van der Waals surface area (Å²) in [6, 6.07) is 8.34. The monoisotopic (exact) mass is 293 g/mol. The van der Waals surface area contributed by atoms with Gasteiger partial charge in [-0.3, -0.25) is 0 Å². The van der Waals surface area contributed by atoms with Crippen LogP contribution in [0.2, 0.25) is 5.02 Å². The van der Waals surface area contributed by atoms with Crippen molar-refractivity contribution >= 4 is 11.6 Å². The van der Waals surface area contributed by atoms with Crippen LogP contribution in [0.1, 0.15) is 44.6 Å². The first-order chi connectivity index (χ1) is 9.53. The van der Waals surface area contributed by atoms with E-state index in [1.54, 1.807) is 0 Å². The number of benzene rings is 1. The van der Waals surface area contributed by atoms with Crippen molar-refractivity contribution in [2.45, 2.75) is 44.6 Å². The van der Waals surface area contributed by atoms with E-state index in [9.17, 15) is 0 Å². The van der Waals surface area contributed by atoms with Crippen molar-refractivity contribution < 1.29 is 4.74 Å². The lowest BCUT2D eigenvalue weighted by Gasteiger charge is -2.52. The Kier molecular flexibility index (Phi) is 3.83. The van der Waals surface area contributed by atoms with Gasteiger partial charge in [-0.05, 0) is 56.7 Å². The third-order valence-corrected chi connectivity index (χ3v) is 5.38. The van der Waals surface area contributed by atoms with Gasteiger partial charge in [-0.25, -0.2) is 0 Å². The molecule has 0 bridgehead atoms. The van der Waals surface area contributed by atoms with Crippen LogP contribution in [0.3, 0.4) is 0 Å². The van der Waals surface area contributed by atoms with E-state index in [1.807, 2.05) is 12.1 Å². The van der Waals surface area contributed by atoms with Crippen molar-refractivity contribution in [2.24, 2.45) is 5.41 Å². The molecule has 0 aliphatic carbocycles. The van der Waals surface area contributed by atoms with Crippen molar-refractivity contribution in [1.82, 2.24) is 5.32 Å². The maximum atomic E-state index is 6.47. The quantitative estimate of drug-likeness (QED) is 0.845. The highest BCUT2D eigenvalue weighted by atomic mass is 35.5. The number of piperidine rings is 1. The number of hydrogen-bond donors (Lipinski definition) is 1. The van der Waals surface area contributed by atoms with Crippen molar-refractivity contribution in [1.29, 1.82) is 0 Å². The molecule has 2 fully saturated rings. The number of hydrogen-bond acceptors (Lipinski definition) is 2. The first kappa shape index (κ1) is 14.4. The molecule has 1 aromatic carbocycles. The number of halogens is 1. The van der Waals surface area contributed by atoms with Gasteiger partial charge in [0.25, 0.3) is 0 Å². The molecule has 2 saturated heterocycles. The highest BCUT2D eigenvalue weighted by Crippen LogP contribution is 2.52. The Morgan fingerprint density at radius 2 is 2.05 bits per heavy atom. The molecule has 0 radical (unpaired) electrons. The van der Waals surface area contributed by atoms with E-state index in [4.69, 9.17) is 16.3 Å². The number of nitrogens with one attached hydrogen (secondary N) is 1. The molecule has 0 aromatic heterocycles. The van der Waals surface area contributed by atoms with Gasteiger partial charge in [-0.1, -0.05) is 29.8 Å². The third kappa shape index (κ3) is 2.61. The molecule has 2 aliphatic heterocycles. The molecule has 2 unspecified atom stereocenters. The SMILES string of the molecule is CC1(C)CC2(CCNCC2c2ccccc2Cl)CCO1. The predicted molar refractivity (Wildman–Crippen MR) is 83.4 cm³/mol. The Balaban J connectivity index is 1.97. The maximum Gasteiger partial charge on any atom is 0.0632 e. The molecule has 1 spiro atoms. The molecule has 3 rings (SSSR count). The summed E-state index contributed by atoms with van der Waals surface area (Å²) in [7, 11) is 0. The fraction of sp³-hybridized carbons (Fsp3) is 0.647. The lowest BCUT2D eigenvalue weighted by molar-refractivity contribution is -0.119. The minimum absolute atomic E-state index is 0.0188. The summed E-state index contributed by atoms with van der Waals surface area (Å²) in [4.78, 5) is 0. The fourth-order valence-corrected chi connectivity index (χ4v) is 4.47. The van der Waals surface area contributed by atoms with Crippen LogP contribution >= 0.6 is 11.6 Å². The second-order valence-corrected chi connectivity index (χ2v) is 7.33. The predicted octanol–water partition coefficient (Wildman–Crippen LogP) is 3.99. The minimum atomic E-state index is -0.0188. The van der Waals surface area contributed by atoms with E-state index >= 15 is 0 Å². The summed E-state index contributed by atoms with van der Waals surface area (Å²) in [5.41, 5.74) is 1.62. The van der Waals surface area contributed by atoms with Gasteiger partial charge in [0.15, 0.2) is 0 Å². The topological polar surface area (TPSA) is 21.3 Å². The van der Waals surface area contributed by atoms with Gasteiger partial charge in [0.05, 0.1) is 5.60 Å². The fourth-order valence-electron chi connectivity index (χ4n) is 4.20. The lowest BCUT2D eigenvalue weighted by atomic mass is 9.60. The average Bonchev–Trinajstić information content (AvgIpc) is 2.39. The first-order valence-corrected chi connectivity index (χ1v) is 7.99. The Hall–Kier alpha value is -0.570. The highest BCUT2D eigenvalue weighted by molar-refractivity contribution is 6.31. The largest absolute Gasteiger partial charge is 0.376 e. The van der Waals surface area contributed by atoms with E-state index in [2.05, 4.69) is 31.3 Å². The van der Waals surface area contributed by atoms with E-state index in [0.29, 0.717) is 11.3 Å². The maximum absolute atomic E-state index is 6.47. The molecule has 2 heterocycles. The zero-order chi connectivity index (χ0) is 14.2. The number of ether oxygens (including phenoxy) is 1. The Bertz CT molecular complexity index is 484. The van der Waals surface area contributed by atoms with Crippen LogP contribution in [0, 0.1) is 5.41 Å². The van der Waals surface area contributed by atoms with Crippen molar-refractivity contribution in [2.75, 3.05) is 19.7 Å². The molecular formula is C17H24ClNO. The molecule has 20 heavy (non-hydrogen) atoms. The summed E-state index contributed by atoms with van der Waals surface area (Å²) in [6.07, 6.45) is 3.49. The second kappa shape index (κ2) is 5.32. The normalized spacial score (nSPS) is 33.2. The van der Waals surface area contributed by atoms with Crippen LogP contribution in [-0.4, -0.2) is 25.3 Å². The Morgan fingerprint density at radius 1 is 1.25 bits per heavy atom. The molecule has 3 heteroatoms. The van der Waals surface area contributed by atoms with E-state index < -0.39 is 0 Å². The smallest absolute Gasteiger partial charge is 0.0632 e. The number of rotatable bonds is 1. The summed E-state index contributed by atoms with van der Waals surface area (Å²) in [5, 5.41) is 4.47. The summed E-state index contributed by atoms with van der Waals surface area (Å²) < 4.78 is 5.95. The van der Waals surface area contributed by atoms with Gasteiger partial charge in [0, 0.05) is 24.1 Å². The van der Waals surface area contributed by atoms with Gasteiger partial charge >= 0.3 is 0 Å². The summed E-state index contributed by atoms with van der Waals surface area (Å²) in [5.74, 6) is 0.494. The zero-order valence-electron chi connectivity index (χ0n) is 12.4. The van der Waals surface area contributed by atoms with Gasteiger partial charge in [0.1, 0.15) is 0 Å². The second-order valence-electron chi connectivity index (χ2n) is 6.93. The third-order valence-electron chi connectivity index (χ3n) is 5.04. The first-order valence-electron chi connectivity index (χ1n) is 7.62. The molecule has 2 nitrogen and oxygen atoms in total. The van der Waals surface area contributed by atoms with Gasteiger partial charge < -0.3 is 10.1 Å². The van der Waals surface area contributed by atoms with E-state index in [-0.39, 0.29) is 5.60 Å². The molecule has 2 atom stereocenters. The van der Waals surface area contributed by atoms with Gasteiger partial charge in [-0.2, -0.15) is 0 Å². The lowest BCUT2D eigenvalue weighted by Crippen LogP contribution is -2.51. The van der Waals surface area contributed by atoms with Crippen LogP contribution in [0.5, 0.6) is 0 Å². The Morgan fingerprint density at radius 3 is 2.80 bits per heavy atom. The molecule has 1 N–H and O–H groups in total. The molecule has 1 aromatic rings. The summed E-state index contributed by atoms with van der Waals surface area (Å²) >= 11 is 6.47.